The van der Waals surface area contributed by atoms with E-state index in [-0.39, 0.29) is 17.3 Å². The summed E-state index contributed by atoms with van der Waals surface area (Å²) in [5.41, 5.74) is 0.886. The molecule has 0 N–H and O–H groups in total. The minimum atomic E-state index is -0.467. The summed E-state index contributed by atoms with van der Waals surface area (Å²) in [5.74, 6) is -1.14. The van der Waals surface area contributed by atoms with Crippen LogP contribution in [0.3, 0.4) is 0 Å². The van der Waals surface area contributed by atoms with Gasteiger partial charge < -0.3 is 4.74 Å². The summed E-state index contributed by atoms with van der Waals surface area (Å²) in [6.45, 7) is 3.98. The molecule has 1 aliphatic rings. The summed E-state index contributed by atoms with van der Waals surface area (Å²) < 4.78 is 33.2. The molecule has 1 aromatic heterocycles. The number of thiazole rings is 1. The van der Waals surface area contributed by atoms with Gasteiger partial charge in [-0.25, -0.2) is 13.8 Å². The Balaban J connectivity index is 1.63. The number of nitrogens with zero attached hydrogens (tertiary/aromatic N) is 3. The van der Waals surface area contributed by atoms with Crippen molar-refractivity contribution in [2.45, 2.75) is 0 Å². The zero-order valence-corrected chi connectivity index (χ0v) is 15.9. The summed E-state index contributed by atoms with van der Waals surface area (Å²) in [6.07, 6.45) is 0. The molecule has 1 fully saturated rings. The first-order valence-electron chi connectivity index (χ1n) is 9.04. The Hall–Kier alpha value is -2.42. The predicted molar refractivity (Wildman–Crippen MR) is 105 cm³/mol. The van der Waals surface area contributed by atoms with Gasteiger partial charge in [0.1, 0.15) is 11.6 Å². The molecule has 0 radical (unpaired) electrons. The third-order valence-corrected chi connectivity index (χ3v) is 5.67. The number of fused-ring (bicyclic) bond motifs is 1. The maximum Gasteiger partial charge on any atom is 0.260 e. The molecule has 1 amide bonds. The third-order valence-electron chi connectivity index (χ3n) is 4.63. The van der Waals surface area contributed by atoms with Gasteiger partial charge in [-0.2, -0.15) is 0 Å². The fourth-order valence-corrected chi connectivity index (χ4v) is 4.14. The van der Waals surface area contributed by atoms with Crippen LogP contribution < -0.4 is 4.90 Å². The van der Waals surface area contributed by atoms with Gasteiger partial charge in [0.25, 0.3) is 5.91 Å². The van der Waals surface area contributed by atoms with Crippen LogP contribution >= 0.6 is 11.3 Å². The lowest BCUT2D eigenvalue weighted by Gasteiger charge is -2.29. The van der Waals surface area contributed by atoms with E-state index >= 15 is 0 Å². The normalized spacial score (nSPS) is 15.1. The Morgan fingerprint density at radius 1 is 1.14 bits per heavy atom. The number of amides is 1. The SMILES string of the molecule is O=C(c1cccc(F)c1)N(CCN1CCOCC1)c1nc2ccc(F)cc2s1. The molecule has 146 valence electrons. The van der Waals surface area contributed by atoms with Crippen molar-refractivity contribution in [2.75, 3.05) is 44.3 Å². The Morgan fingerprint density at radius 3 is 2.71 bits per heavy atom. The largest absolute Gasteiger partial charge is 0.379 e. The second-order valence-electron chi connectivity index (χ2n) is 6.53. The van der Waals surface area contributed by atoms with Crippen LogP contribution in [0.5, 0.6) is 0 Å². The van der Waals surface area contributed by atoms with Crippen LogP contribution in [0.2, 0.25) is 0 Å². The van der Waals surface area contributed by atoms with Crippen LogP contribution in [0.4, 0.5) is 13.9 Å². The smallest absolute Gasteiger partial charge is 0.260 e. The average molecular weight is 403 g/mol. The molecule has 3 aromatic rings. The van der Waals surface area contributed by atoms with Gasteiger partial charge in [-0.3, -0.25) is 14.6 Å². The molecule has 2 aromatic carbocycles. The molecule has 0 spiro atoms. The van der Waals surface area contributed by atoms with Gasteiger partial charge in [0, 0.05) is 31.7 Å². The van der Waals surface area contributed by atoms with Gasteiger partial charge in [-0.05, 0) is 36.4 Å². The van der Waals surface area contributed by atoms with E-state index in [4.69, 9.17) is 4.74 Å². The number of carbonyl (C=O) groups is 1. The Kier molecular flexibility index (Phi) is 5.61. The molecule has 5 nitrogen and oxygen atoms in total. The van der Waals surface area contributed by atoms with Crippen LogP contribution in [0.15, 0.2) is 42.5 Å². The summed E-state index contributed by atoms with van der Waals surface area (Å²) >= 11 is 1.25. The summed E-state index contributed by atoms with van der Waals surface area (Å²) in [5, 5.41) is 0.475. The molecular weight excluding hydrogens is 384 g/mol. The van der Waals surface area contributed by atoms with Gasteiger partial charge in [0.05, 0.1) is 23.4 Å². The van der Waals surface area contributed by atoms with Crippen LogP contribution in [-0.4, -0.2) is 55.2 Å². The lowest BCUT2D eigenvalue weighted by molar-refractivity contribution is 0.0391. The van der Waals surface area contributed by atoms with E-state index in [2.05, 4.69) is 9.88 Å². The van der Waals surface area contributed by atoms with E-state index in [0.29, 0.717) is 41.7 Å². The van der Waals surface area contributed by atoms with Crippen molar-refractivity contribution in [1.82, 2.24) is 9.88 Å². The fraction of sp³-hybridized carbons (Fsp3) is 0.300. The number of halogens is 2. The molecule has 0 atom stereocenters. The number of rotatable bonds is 5. The van der Waals surface area contributed by atoms with Gasteiger partial charge in [-0.15, -0.1) is 0 Å². The van der Waals surface area contributed by atoms with E-state index in [1.54, 1.807) is 17.0 Å². The maximum atomic E-state index is 13.6. The first-order valence-corrected chi connectivity index (χ1v) is 9.85. The van der Waals surface area contributed by atoms with Crippen molar-refractivity contribution in [3.63, 3.8) is 0 Å². The Morgan fingerprint density at radius 2 is 1.93 bits per heavy atom. The highest BCUT2D eigenvalue weighted by atomic mass is 32.1. The van der Waals surface area contributed by atoms with E-state index in [9.17, 15) is 13.6 Å². The van der Waals surface area contributed by atoms with Gasteiger partial charge in [0.15, 0.2) is 5.13 Å². The maximum absolute atomic E-state index is 13.6. The number of carbonyl (C=O) groups excluding carboxylic acids is 1. The Bertz CT molecular complexity index is 988. The number of hydrogen-bond donors (Lipinski definition) is 0. The standard InChI is InChI=1S/C20H19F2N3O2S/c21-15-3-1-2-14(12-15)19(26)25(7-6-24-8-10-27-11-9-24)20-23-17-5-4-16(22)13-18(17)28-20/h1-5,12-13H,6-11H2. The van der Waals surface area contributed by atoms with E-state index in [1.807, 2.05) is 0 Å². The summed E-state index contributed by atoms with van der Waals surface area (Å²) in [4.78, 5) is 21.4. The van der Waals surface area contributed by atoms with Gasteiger partial charge in [0.2, 0.25) is 0 Å². The highest BCUT2D eigenvalue weighted by Crippen LogP contribution is 2.30. The molecule has 8 heteroatoms. The molecule has 1 aliphatic heterocycles. The molecular formula is C20H19F2N3O2S. The summed E-state index contributed by atoms with van der Waals surface area (Å²) in [6, 6.07) is 9.96. The molecule has 0 saturated carbocycles. The van der Waals surface area contributed by atoms with Crippen LogP contribution in [0.25, 0.3) is 10.2 Å². The van der Waals surface area contributed by atoms with Crippen molar-refractivity contribution >= 4 is 32.6 Å². The van der Waals surface area contributed by atoms with Gasteiger partial charge in [-0.1, -0.05) is 17.4 Å². The number of aromatic nitrogens is 1. The number of anilines is 1. The molecule has 4 rings (SSSR count). The van der Waals surface area contributed by atoms with Crippen molar-refractivity contribution in [1.29, 1.82) is 0 Å². The highest BCUT2D eigenvalue weighted by Gasteiger charge is 2.23. The molecule has 2 heterocycles. The van der Waals surface area contributed by atoms with Crippen LogP contribution in [-0.2, 0) is 4.74 Å². The minimum absolute atomic E-state index is 0.257. The molecule has 0 bridgehead atoms. The topological polar surface area (TPSA) is 45.7 Å². The first kappa shape index (κ1) is 18.9. The van der Waals surface area contributed by atoms with E-state index < -0.39 is 5.82 Å². The second-order valence-corrected chi connectivity index (χ2v) is 7.54. The number of benzene rings is 2. The van der Waals surface area contributed by atoms with E-state index in [1.165, 1.54) is 41.7 Å². The molecule has 1 saturated heterocycles. The number of hydrogen-bond acceptors (Lipinski definition) is 5. The molecule has 0 unspecified atom stereocenters. The van der Waals surface area contributed by atoms with Crippen molar-refractivity contribution in [2.24, 2.45) is 0 Å². The van der Waals surface area contributed by atoms with Gasteiger partial charge >= 0.3 is 0 Å². The van der Waals surface area contributed by atoms with Crippen LogP contribution in [0, 0.1) is 11.6 Å². The third kappa shape index (κ3) is 4.19. The molecule has 28 heavy (non-hydrogen) atoms. The van der Waals surface area contributed by atoms with Crippen molar-refractivity contribution in [3.05, 3.63) is 59.7 Å². The zero-order valence-electron chi connectivity index (χ0n) is 15.1. The predicted octanol–water partition coefficient (Wildman–Crippen LogP) is 3.55. The minimum Gasteiger partial charge on any atom is -0.379 e. The van der Waals surface area contributed by atoms with Crippen molar-refractivity contribution in [3.8, 4) is 0 Å². The highest BCUT2D eigenvalue weighted by molar-refractivity contribution is 7.22. The second kappa shape index (κ2) is 8.30. The van der Waals surface area contributed by atoms with Crippen molar-refractivity contribution < 1.29 is 18.3 Å². The zero-order chi connectivity index (χ0) is 19.5. The monoisotopic (exact) mass is 403 g/mol. The molecule has 0 aliphatic carbocycles. The lowest BCUT2D eigenvalue weighted by atomic mass is 10.2. The number of morpholine rings is 1. The number of ether oxygens (including phenoxy) is 1. The lowest BCUT2D eigenvalue weighted by Crippen LogP contribution is -2.43. The van der Waals surface area contributed by atoms with E-state index in [0.717, 1.165) is 13.1 Å². The average Bonchev–Trinajstić information content (AvgIpc) is 3.11. The Labute approximate surface area is 165 Å². The van der Waals surface area contributed by atoms with Crippen LogP contribution in [0.1, 0.15) is 10.4 Å². The fourth-order valence-electron chi connectivity index (χ4n) is 3.13. The first-order chi connectivity index (χ1) is 13.6. The summed E-state index contributed by atoms with van der Waals surface area (Å²) in [7, 11) is 0. The quantitative estimate of drug-likeness (QED) is 0.654.